The Morgan fingerprint density at radius 2 is 1.86 bits per heavy atom. The highest BCUT2D eigenvalue weighted by molar-refractivity contribution is 6.08. The number of methoxy groups -OCH3 is 1. The van der Waals surface area contributed by atoms with E-state index >= 15 is 0 Å². The van der Waals surface area contributed by atoms with Gasteiger partial charge in [0.15, 0.2) is 0 Å². The summed E-state index contributed by atoms with van der Waals surface area (Å²) < 4.78 is 5.01. The van der Waals surface area contributed by atoms with Crippen molar-refractivity contribution in [1.82, 2.24) is 0 Å². The number of hydrogen-bond acceptors (Lipinski definition) is 4. The average Bonchev–Trinajstić information content (AvgIpc) is 2.55. The lowest BCUT2D eigenvalue weighted by molar-refractivity contribution is 0.0698. The second-order valence-corrected chi connectivity index (χ2v) is 4.44. The minimum Gasteiger partial charge on any atom is -0.497 e. The number of carbonyl (C=O) groups is 2. The molecular formula is C16H14N2O4. The number of anilines is 1. The number of ether oxygens (including phenoxy) is 1. The number of hydrogen-bond donors (Lipinski definition) is 3. The third-order valence-electron chi connectivity index (χ3n) is 3.04. The van der Waals surface area contributed by atoms with E-state index in [2.05, 4.69) is 5.32 Å². The Morgan fingerprint density at radius 3 is 2.41 bits per heavy atom. The third kappa shape index (κ3) is 3.29. The Bertz CT molecular complexity index is 723. The quantitative estimate of drug-likeness (QED) is 0.739. The molecule has 0 bridgehead atoms. The van der Waals surface area contributed by atoms with Gasteiger partial charge in [0.25, 0.3) is 5.91 Å². The van der Waals surface area contributed by atoms with Crippen LogP contribution >= 0.6 is 0 Å². The second kappa shape index (κ2) is 6.53. The van der Waals surface area contributed by atoms with E-state index in [1.54, 1.807) is 30.3 Å². The Morgan fingerprint density at radius 1 is 1.18 bits per heavy atom. The molecule has 6 nitrogen and oxygen atoms in total. The number of rotatable bonds is 5. The zero-order chi connectivity index (χ0) is 16.1. The summed E-state index contributed by atoms with van der Waals surface area (Å²) in [7, 11) is 1.53. The van der Waals surface area contributed by atoms with Crippen LogP contribution in [0.1, 0.15) is 26.3 Å². The van der Waals surface area contributed by atoms with Gasteiger partial charge in [-0.25, -0.2) is 4.79 Å². The van der Waals surface area contributed by atoms with Crippen molar-refractivity contribution in [2.24, 2.45) is 0 Å². The van der Waals surface area contributed by atoms with Gasteiger partial charge in [0.05, 0.1) is 18.4 Å². The van der Waals surface area contributed by atoms with Crippen LogP contribution in [0, 0.1) is 5.41 Å². The van der Waals surface area contributed by atoms with Crippen LogP contribution in [0.5, 0.6) is 5.75 Å². The summed E-state index contributed by atoms with van der Waals surface area (Å²) in [5.41, 5.74) is 0.940. The lowest BCUT2D eigenvalue weighted by Gasteiger charge is -2.09. The van der Waals surface area contributed by atoms with Gasteiger partial charge in [-0.3, -0.25) is 4.79 Å². The summed E-state index contributed by atoms with van der Waals surface area (Å²) in [6.07, 6.45) is 1.04. The molecule has 0 saturated heterocycles. The normalized spacial score (nSPS) is 9.86. The molecule has 0 fully saturated rings. The zero-order valence-corrected chi connectivity index (χ0v) is 11.8. The predicted molar refractivity (Wildman–Crippen MR) is 82.2 cm³/mol. The molecule has 0 aliphatic heterocycles. The summed E-state index contributed by atoms with van der Waals surface area (Å²) in [5, 5.41) is 18.9. The number of benzene rings is 2. The molecule has 6 heteroatoms. The summed E-state index contributed by atoms with van der Waals surface area (Å²) in [5.74, 6) is -0.973. The summed E-state index contributed by atoms with van der Waals surface area (Å²) >= 11 is 0. The molecule has 22 heavy (non-hydrogen) atoms. The minimum atomic E-state index is -1.17. The van der Waals surface area contributed by atoms with E-state index in [1.807, 2.05) is 0 Å². The van der Waals surface area contributed by atoms with Crippen molar-refractivity contribution in [3.63, 3.8) is 0 Å². The van der Waals surface area contributed by atoms with E-state index in [-0.39, 0.29) is 11.3 Å². The summed E-state index contributed by atoms with van der Waals surface area (Å²) in [6, 6.07) is 10.8. The Balaban J connectivity index is 2.27. The summed E-state index contributed by atoms with van der Waals surface area (Å²) in [6.45, 7) is 0. The van der Waals surface area contributed by atoms with Crippen LogP contribution in [0.2, 0.25) is 0 Å². The fraction of sp³-hybridized carbons (Fsp3) is 0.0625. The van der Waals surface area contributed by atoms with Crippen molar-refractivity contribution in [2.45, 2.75) is 0 Å². The van der Waals surface area contributed by atoms with Gasteiger partial charge in [0, 0.05) is 11.8 Å². The number of carboxylic acid groups (broad SMARTS) is 1. The highest BCUT2D eigenvalue weighted by Crippen LogP contribution is 2.19. The van der Waals surface area contributed by atoms with Gasteiger partial charge in [0.1, 0.15) is 5.75 Å². The van der Waals surface area contributed by atoms with E-state index in [1.165, 1.54) is 19.2 Å². The maximum atomic E-state index is 12.2. The first kappa shape index (κ1) is 15.2. The van der Waals surface area contributed by atoms with Crippen LogP contribution in [-0.4, -0.2) is 30.3 Å². The van der Waals surface area contributed by atoms with E-state index in [0.717, 1.165) is 6.21 Å². The highest BCUT2D eigenvalue weighted by atomic mass is 16.5. The lowest BCUT2D eigenvalue weighted by atomic mass is 10.1. The maximum Gasteiger partial charge on any atom is 0.337 e. The van der Waals surface area contributed by atoms with E-state index in [9.17, 15) is 14.7 Å². The summed E-state index contributed by atoms with van der Waals surface area (Å²) in [4.78, 5) is 23.4. The largest absolute Gasteiger partial charge is 0.497 e. The molecule has 0 heterocycles. The molecule has 0 aliphatic carbocycles. The Hall–Kier alpha value is -3.15. The molecule has 0 unspecified atom stereocenters. The van der Waals surface area contributed by atoms with Crippen molar-refractivity contribution >= 4 is 23.8 Å². The van der Waals surface area contributed by atoms with Gasteiger partial charge in [-0.2, -0.15) is 0 Å². The Labute approximate surface area is 126 Å². The smallest absolute Gasteiger partial charge is 0.337 e. The third-order valence-corrected chi connectivity index (χ3v) is 3.04. The minimum absolute atomic E-state index is 0.0668. The van der Waals surface area contributed by atoms with Gasteiger partial charge < -0.3 is 20.6 Å². The number of nitrogens with one attached hydrogen (secondary N) is 2. The molecule has 2 rings (SSSR count). The molecule has 112 valence electrons. The monoisotopic (exact) mass is 298 g/mol. The predicted octanol–water partition coefficient (Wildman–Crippen LogP) is 2.64. The van der Waals surface area contributed by atoms with Gasteiger partial charge in [-0.05, 0) is 42.0 Å². The highest BCUT2D eigenvalue weighted by Gasteiger charge is 2.14. The standard InChI is InChI=1S/C16H14N2O4/c1-22-12-5-3-11(4-6-12)15(19)18-14-7-2-10(9-17)8-13(14)16(20)21/h2-9,17H,1H3,(H,18,19)(H,20,21). The molecule has 1 amide bonds. The van der Waals surface area contributed by atoms with Gasteiger partial charge in [-0.1, -0.05) is 6.07 Å². The van der Waals surface area contributed by atoms with Crippen molar-refractivity contribution < 1.29 is 19.4 Å². The van der Waals surface area contributed by atoms with Crippen LogP contribution in [0.15, 0.2) is 42.5 Å². The van der Waals surface area contributed by atoms with Crippen molar-refractivity contribution in [1.29, 1.82) is 5.41 Å². The molecular weight excluding hydrogens is 284 g/mol. The van der Waals surface area contributed by atoms with Crippen LogP contribution in [0.3, 0.4) is 0 Å². The van der Waals surface area contributed by atoms with Crippen molar-refractivity contribution in [2.75, 3.05) is 12.4 Å². The number of amides is 1. The van der Waals surface area contributed by atoms with Gasteiger partial charge >= 0.3 is 5.97 Å². The number of carbonyl (C=O) groups excluding carboxylic acids is 1. The number of aromatic carboxylic acids is 1. The van der Waals surface area contributed by atoms with Crippen LogP contribution in [0.4, 0.5) is 5.69 Å². The van der Waals surface area contributed by atoms with Crippen LogP contribution in [-0.2, 0) is 0 Å². The molecule has 0 aliphatic rings. The fourth-order valence-electron chi connectivity index (χ4n) is 1.87. The molecule has 2 aromatic carbocycles. The van der Waals surface area contributed by atoms with Crippen LogP contribution in [0.25, 0.3) is 0 Å². The topological polar surface area (TPSA) is 99.5 Å². The molecule has 0 saturated carbocycles. The first-order chi connectivity index (χ1) is 10.5. The first-order valence-electron chi connectivity index (χ1n) is 6.38. The molecule has 3 N–H and O–H groups in total. The zero-order valence-electron chi connectivity index (χ0n) is 11.8. The molecule has 0 aromatic heterocycles. The molecule has 2 aromatic rings. The SMILES string of the molecule is COc1ccc(C(=O)Nc2ccc(C=N)cc2C(=O)O)cc1. The molecule has 0 atom stereocenters. The van der Waals surface area contributed by atoms with E-state index in [0.29, 0.717) is 16.9 Å². The van der Waals surface area contributed by atoms with Crippen LogP contribution < -0.4 is 10.1 Å². The van der Waals surface area contributed by atoms with Gasteiger partial charge in [0.2, 0.25) is 0 Å². The van der Waals surface area contributed by atoms with Crippen molar-refractivity contribution in [3.8, 4) is 5.75 Å². The Kier molecular flexibility index (Phi) is 4.53. The first-order valence-corrected chi connectivity index (χ1v) is 6.38. The fourth-order valence-corrected chi connectivity index (χ4v) is 1.87. The lowest BCUT2D eigenvalue weighted by Crippen LogP contribution is -2.15. The number of carboxylic acids is 1. The van der Waals surface area contributed by atoms with Crippen molar-refractivity contribution in [3.05, 3.63) is 59.2 Å². The van der Waals surface area contributed by atoms with Gasteiger partial charge in [-0.15, -0.1) is 0 Å². The van der Waals surface area contributed by atoms with E-state index in [4.69, 9.17) is 10.1 Å². The van der Waals surface area contributed by atoms with E-state index < -0.39 is 11.9 Å². The maximum absolute atomic E-state index is 12.2. The average molecular weight is 298 g/mol. The molecule has 0 spiro atoms. The molecule has 0 radical (unpaired) electrons. The second-order valence-electron chi connectivity index (χ2n) is 4.44.